The zero-order valence-electron chi connectivity index (χ0n) is 14.0. The van der Waals surface area contributed by atoms with Gasteiger partial charge in [-0.2, -0.15) is 0 Å². The number of ether oxygens (including phenoxy) is 2. The van der Waals surface area contributed by atoms with Gasteiger partial charge in [-0.1, -0.05) is 0 Å². The minimum atomic E-state index is 0.522. The molecule has 0 aromatic rings. The maximum atomic E-state index is 5.42. The third-order valence-electron chi connectivity index (χ3n) is 3.80. The van der Waals surface area contributed by atoms with Crippen LogP contribution in [0.4, 0.5) is 0 Å². The first-order valence-electron chi connectivity index (χ1n) is 7.92. The molecule has 1 aliphatic carbocycles. The molecule has 21 heavy (non-hydrogen) atoms. The van der Waals surface area contributed by atoms with Gasteiger partial charge >= 0.3 is 0 Å². The minimum Gasteiger partial charge on any atom is -0.382 e. The molecule has 0 aliphatic heterocycles. The lowest BCUT2D eigenvalue weighted by Gasteiger charge is -2.25. The molecule has 0 aromatic heterocycles. The van der Waals surface area contributed by atoms with E-state index < -0.39 is 0 Å². The minimum absolute atomic E-state index is 0.522. The Morgan fingerprint density at radius 1 is 1.29 bits per heavy atom. The molecule has 1 atom stereocenters. The maximum Gasteiger partial charge on any atom is 0.191 e. The lowest BCUT2D eigenvalue weighted by Crippen LogP contribution is -2.45. The van der Waals surface area contributed by atoms with Crippen LogP contribution in [0, 0.1) is 0 Å². The summed E-state index contributed by atoms with van der Waals surface area (Å²) in [7, 11) is 5.69. The molecule has 0 bridgehead atoms. The van der Waals surface area contributed by atoms with Crippen molar-refractivity contribution < 1.29 is 9.47 Å². The summed E-state index contributed by atoms with van der Waals surface area (Å²) >= 11 is 0. The predicted octanol–water partition coefficient (Wildman–Crippen LogP) is 0.687. The van der Waals surface area contributed by atoms with Gasteiger partial charge < -0.3 is 20.1 Å². The van der Waals surface area contributed by atoms with Crippen LogP contribution in [0.15, 0.2) is 4.99 Å². The number of hydrogen-bond donors (Lipinski definition) is 2. The van der Waals surface area contributed by atoms with E-state index in [9.17, 15) is 0 Å². The number of rotatable bonds is 11. The first-order chi connectivity index (χ1) is 10.2. The average Bonchev–Trinajstić information content (AvgIpc) is 3.33. The number of likely N-dealkylation sites (N-methyl/N-ethyl adjacent to an activating group) is 1. The smallest absolute Gasteiger partial charge is 0.191 e. The van der Waals surface area contributed by atoms with Gasteiger partial charge in [0.05, 0.1) is 13.2 Å². The number of methoxy groups -OCH3 is 1. The normalized spacial score (nSPS) is 17.1. The van der Waals surface area contributed by atoms with Gasteiger partial charge in [0.2, 0.25) is 0 Å². The van der Waals surface area contributed by atoms with E-state index >= 15 is 0 Å². The van der Waals surface area contributed by atoms with Crippen molar-refractivity contribution in [2.45, 2.75) is 38.3 Å². The van der Waals surface area contributed by atoms with Crippen LogP contribution in [0.1, 0.15) is 26.2 Å². The summed E-state index contributed by atoms with van der Waals surface area (Å²) in [6, 6.07) is 1.31. The van der Waals surface area contributed by atoms with Gasteiger partial charge in [0.15, 0.2) is 5.96 Å². The Morgan fingerprint density at radius 2 is 2.05 bits per heavy atom. The lowest BCUT2D eigenvalue weighted by atomic mass is 10.3. The van der Waals surface area contributed by atoms with Crippen molar-refractivity contribution in [3.8, 4) is 0 Å². The standard InChI is InChI=1S/C15H32N4O2/c1-13(19(3)14-6-7-14)12-18-15(16-2)17-8-5-9-21-11-10-20-4/h13-14H,5-12H2,1-4H3,(H2,16,17,18). The molecule has 0 spiro atoms. The second kappa shape index (κ2) is 10.8. The highest BCUT2D eigenvalue weighted by Gasteiger charge is 2.28. The quantitative estimate of drug-likeness (QED) is 0.334. The highest BCUT2D eigenvalue weighted by molar-refractivity contribution is 5.79. The Kier molecular flexibility index (Phi) is 9.37. The molecule has 2 N–H and O–H groups in total. The predicted molar refractivity (Wildman–Crippen MR) is 86.9 cm³/mol. The molecule has 0 heterocycles. The van der Waals surface area contributed by atoms with Gasteiger partial charge in [-0.3, -0.25) is 9.89 Å². The molecule has 1 saturated carbocycles. The molecule has 1 rings (SSSR count). The molecule has 1 unspecified atom stereocenters. The number of guanidine groups is 1. The van der Waals surface area contributed by atoms with Crippen molar-refractivity contribution in [3.05, 3.63) is 0 Å². The first-order valence-corrected chi connectivity index (χ1v) is 7.92. The zero-order valence-corrected chi connectivity index (χ0v) is 14.0. The summed E-state index contributed by atoms with van der Waals surface area (Å²) in [5, 5.41) is 6.69. The van der Waals surface area contributed by atoms with E-state index in [0.717, 1.165) is 38.1 Å². The van der Waals surface area contributed by atoms with Crippen molar-refractivity contribution in [1.82, 2.24) is 15.5 Å². The first kappa shape index (κ1) is 18.2. The Hall–Kier alpha value is -0.850. The van der Waals surface area contributed by atoms with Gasteiger partial charge in [-0.05, 0) is 33.2 Å². The summed E-state index contributed by atoms with van der Waals surface area (Å²) in [6.45, 7) is 6.09. The van der Waals surface area contributed by atoms with Crippen LogP contribution >= 0.6 is 0 Å². The molecule has 6 nitrogen and oxygen atoms in total. The molecular formula is C15H32N4O2. The molecule has 124 valence electrons. The second-order valence-electron chi connectivity index (χ2n) is 5.58. The monoisotopic (exact) mass is 300 g/mol. The molecule has 0 radical (unpaired) electrons. The number of nitrogens with one attached hydrogen (secondary N) is 2. The third kappa shape index (κ3) is 8.24. The molecule has 1 fully saturated rings. The Labute approximate surface area is 129 Å². The van der Waals surface area contributed by atoms with Gasteiger partial charge in [0.1, 0.15) is 0 Å². The van der Waals surface area contributed by atoms with Crippen LogP contribution in [0.25, 0.3) is 0 Å². The van der Waals surface area contributed by atoms with E-state index in [2.05, 4.69) is 34.5 Å². The van der Waals surface area contributed by atoms with Gasteiger partial charge in [-0.15, -0.1) is 0 Å². The summed E-state index contributed by atoms with van der Waals surface area (Å²) in [5.41, 5.74) is 0. The van der Waals surface area contributed by atoms with Crippen molar-refractivity contribution in [2.24, 2.45) is 4.99 Å². The van der Waals surface area contributed by atoms with Crippen LogP contribution in [0.3, 0.4) is 0 Å². The van der Waals surface area contributed by atoms with Crippen LogP contribution in [-0.4, -0.2) is 77.1 Å². The SMILES string of the molecule is CN=C(NCCCOCCOC)NCC(C)N(C)C1CC1. The largest absolute Gasteiger partial charge is 0.382 e. The van der Waals surface area contributed by atoms with Crippen molar-refractivity contribution in [3.63, 3.8) is 0 Å². The maximum absolute atomic E-state index is 5.42. The fourth-order valence-electron chi connectivity index (χ4n) is 2.08. The van der Waals surface area contributed by atoms with Crippen LogP contribution in [0.5, 0.6) is 0 Å². The lowest BCUT2D eigenvalue weighted by molar-refractivity contribution is 0.0698. The van der Waals surface area contributed by atoms with E-state index in [4.69, 9.17) is 9.47 Å². The molecule has 1 aliphatic rings. The third-order valence-corrected chi connectivity index (χ3v) is 3.80. The number of aliphatic imine (C=N–C) groups is 1. The van der Waals surface area contributed by atoms with Crippen LogP contribution in [-0.2, 0) is 9.47 Å². The highest BCUT2D eigenvalue weighted by Crippen LogP contribution is 2.26. The van der Waals surface area contributed by atoms with E-state index in [1.807, 2.05) is 0 Å². The second-order valence-corrected chi connectivity index (χ2v) is 5.58. The Balaban J connectivity index is 2.03. The van der Waals surface area contributed by atoms with Crippen molar-refractivity contribution in [1.29, 1.82) is 0 Å². The van der Waals surface area contributed by atoms with E-state index in [1.165, 1.54) is 12.8 Å². The average molecular weight is 300 g/mol. The summed E-state index contributed by atoms with van der Waals surface area (Å²) in [4.78, 5) is 6.69. The van der Waals surface area contributed by atoms with E-state index in [-0.39, 0.29) is 0 Å². The number of nitrogens with zero attached hydrogens (tertiary/aromatic N) is 2. The van der Waals surface area contributed by atoms with Crippen LogP contribution in [0.2, 0.25) is 0 Å². The molecule has 0 aromatic carbocycles. The van der Waals surface area contributed by atoms with Gasteiger partial charge in [0, 0.05) is 45.9 Å². The molecule has 0 saturated heterocycles. The van der Waals surface area contributed by atoms with Gasteiger partial charge in [0.25, 0.3) is 0 Å². The fourth-order valence-corrected chi connectivity index (χ4v) is 2.08. The van der Waals surface area contributed by atoms with Crippen molar-refractivity contribution >= 4 is 5.96 Å². The van der Waals surface area contributed by atoms with Gasteiger partial charge in [-0.25, -0.2) is 0 Å². The molecular weight excluding hydrogens is 268 g/mol. The Morgan fingerprint density at radius 3 is 2.67 bits per heavy atom. The Bertz CT molecular complexity index is 295. The number of hydrogen-bond acceptors (Lipinski definition) is 4. The van der Waals surface area contributed by atoms with Crippen LogP contribution < -0.4 is 10.6 Å². The van der Waals surface area contributed by atoms with E-state index in [1.54, 1.807) is 14.2 Å². The summed E-state index contributed by atoms with van der Waals surface area (Å²) in [5.74, 6) is 0.864. The van der Waals surface area contributed by atoms with E-state index in [0.29, 0.717) is 19.3 Å². The van der Waals surface area contributed by atoms with Crippen molar-refractivity contribution in [2.75, 3.05) is 54.1 Å². The topological polar surface area (TPSA) is 58.1 Å². The highest BCUT2D eigenvalue weighted by atomic mass is 16.5. The molecule has 0 amide bonds. The zero-order chi connectivity index (χ0) is 15.5. The summed E-state index contributed by atoms with van der Waals surface area (Å²) in [6.07, 6.45) is 3.65. The fraction of sp³-hybridized carbons (Fsp3) is 0.933. The molecule has 6 heteroatoms. The summed E-state index contributed by atoms with van der Waals surface area (Å²) < 4.78 is 10.3.